The molecule has 0 radical (unpaired) electrons. The number of halogens is 3. The third-order valence-corrected chi connectivity index (χ3v) is 7.77. The SMILES string of the molecule is COc1cc2c(cc1C(CC1CC1)C1(C(=O)NCc3cncc(C(F)(F)F)c3)CCNC1)OC(C)C2. The van der Waals surface area contributed by atoms with Gasteiger partial charge >= 0.3 is 6.18 Å². The molecule has 0 bridgehead atoms. The highest BCUT2D eigenvalue weighted by Crippen LogP contribution is 2.53. The van der Waals surface area contributed by atoms with Crippen LogP contribution in [0.3, 0.4) is 0 Å². The van der Waals surface area contributed by atoms with Crippen molar-refractivity contribution in [3.8, 4) is 11.5 Å². The summed E-state index contributed by atoms with van der Waals surface area (Å²) in [6.45, 7) is 3.21. The van der Waals surface area contributed by atoms with E-state index in [1.165, 1.54) is 6.20 Å². The maximum absolute atomic E-state index is 13.9. The maximum atomic E-state index is 13.9. The number of fused-ring (bicyclic) bond motifs is 1. The number of methoxy groups -OCH3 is 1. The molecule has 3 unspecified atom stereocenters. The van der Waals surface area contributed by atoms with Gasteiger partial charge in [0, 0.05) is 48.9 Å². The van der Waals surface area contributed by atoms with Crippen LogP contribution < -0.4 is 20.1 Å². The van der Waals surface area contributed by atoms with Gasteiger partial charge < -0.3 is 20.1 Å². The monoisotopic (exact) mass is 503 g/mol. The van der Waals surface area contributed by atoms with Gasteiger partial charge in [-0.1, -0.05) is 12.8 Å². The summed E-state index contributed by atoms with van der Waals surface area (Å²) in [5, 5.41) is 6.31. The third-order valence-electron chi connectivity index (χ3n) is 7.77. The molecule has 2 aliphatic heterocycles. The zero-order chi connectivity index (χ0) is 25.5. The lowest BCUT2D eigenvalue weighted by molar-refractivity contribution is -0.137. The summed E-state index contributed by atoms with van der Waals surface area (Å²) in [5.74, 6) is 1.88. The first-order valence-electron chi connectivity index (χ1n) is 12.6. The van der Waals surface area contributed by atoms with E-state index in [1.54, 1.807) is 7.11 Å². The summed E-state index contributed by atoms with van der Waals surface area (Å²) in [7, 11) is 1.65. The Morgan fingerprint density at radius 1 is 1.31 bits per heavy atom. The predicted molar refractivity (Wildman–Crippen MR) is 128 cm³/mol. The van der Waals surface area contributed by atoms with E-state index in [1.807, 2.05) is 13.0 Å². The van der Waals surface area contributed by atoms with Gasteiger partial charge in [0.25, 0.3) is 0 Å². The van der Waals surface area contributed by atoms with Gasteiger partial charge in [-0.2, -0.15) is 13.2 Å². The zero-order valence-corrected chi connectivity index (χ0v) is 20.6. The molecule has 1 saturated heterocycles. The van der Waals surface area contributed by atoms with Gasteiger partial charge in [0.1, 0.15) is 17.6 Å². The number of carbonyl (C=O) groups excluding carboxylic acids is 1. The molecular weight excluding hydrogens is 471 g/mol. The number of aromatic nitrogens is 1. The molecule has 0 spiro atoms. The zero-order valence-electron chi connectivity index (χ0n) is 20.6. The van der Waals surface area contributed by atoms with E-state index >= 15 is 0 Å². The van der Waals surface area contributed by atoms with Crippen molar-refractivity contribution in [1.29, 1.82) is 0 Å². The Bertz CT molecular complexity index is 1130. The minimum Gasteiger partial charge on any atom is -0.496 e. The van der Waals surface area contributed by atoms with Crippen LogP contribution in [-0.4, -0.2) is 37.2 Å². The van der Waals surface area contributed by atoms with Crippen molar-refractivity contribution in [3.05, 3.63) is 52.8 Å². The summed E-state index contributed by atoms with van der Waals surface area (Å²) in [4.78, 5) is 17.6. The Balaban J connectivity index is 1.45. The Morgan fingerprint density at radius 2 is 2.11 bits per heavy atom. The fraction of sp³-hybridized carbons (Fsp3) is 0.556. The first-order chi connectivity index (χ1) is 17.2. The molecule has 2 fully saturated rings. The number of carbonyl (C=O) groups is 1. The van der Waals surface area contributed by atoms with Crippen LogP contribution in [0.15, 0.2) is 30.6 Å². The van der Waals surface area contributed by atoms with Crippen LogP contribution in [-0.2, 0) is 23.9 Å². The van der Waals surface area contributed by atoms with Gasteiger partial charge in [-0.25, -0.2) is 0 Å². The molecule has 36 heavy (non-hydrogen) atoms. The van der Waals surface area contributed by atoms with E-state index in [0.717, 1.165) is 60.6 Å². The molecule has 9 heteroatoms. The van der Waals surface area contributed by atoms with Crippen molar-refractivity contribution in [3.63, 3.8) is 0 Å². The van der Waals surface area contributed by atoms with Crippen LogP contribution in [0, 0.1) is 11.3 Å². The molecule has 2 aromatic rings. The predicted octanol–water partition coefficient (Wildman–Crippen LogP) is 4.61. The average Bonchev–Trinajstić information content (AvgIpc) is 3.39. The van der Waals surface area contributed by atoms with Crippen LogP contribution in [0.4, 0.5) is 13.2 Å². The lowest BCUT2D eigenvalue weighted by atomic mass is 9.67. The summed E-state index contributed by atoms with van der Waals surface area (Å²) in [5.41, 5.74) is 0.819. The molecule has 1 aliphatic carbocycles. The Labute approximate surface area is 209 Å². The second kappa shape index (κ2) is 9.57. The van der Waals surface area contributed by atoms with Crippen molar-refractivity contribution < 1.29 is 27.4 Å². The Kier molecular flexibility index (Phi) is 6.61. The highest BCUT2D eigenvalue weighted by atomic mass is 19.4. The number of hydrogen-bond acceptors (Lipinski definition) is 5. The number of nitrogens with one attached hydrogen (secondary N) is 2. The van der Waals surface area contributed by atoms with Crippen LogP contribution in [0.1, 0.15) is 60.8 Å². The topological polar surface area (TPSA) is 72.5 Å². The van der Waals surface area contributed by atoms with Gasteiger partial charge in [-0.3, -0.25) is 9.78 Å². The van der Waals surface area contributed by atoms with Crippen LogP contribution in [0.5, 0.6) is 11.5 Å². The van der Waals surface area contributed by atoms with E-state index in [9.17, 15) is 18.0 Å². The summed E-state index contributed by atoms with van der Waals surface area (Å²) in [6.07, 6.45) is 2.34. The molecule has 1 aromatic carbocycles. The standard InChI is InChI=1S/C27H32F3N3O3/c1-16-7-19-10-24(35-2)21(11-23(19)36-16)22(9-17-3-4-17)26(5-6-31-15-26)25(34)33-13-18-8-20(14-32-12-18)27(28,29)30/h8,10-12,14,16-17,22,31H,3-7,9,13,15H2,1-2H3,(H,33,34). The van der Waals surface area contributed by atoms with Gasteiger partial charge in [-0.15, -0.1) is 0 Å². The number of nitrogens with zero attached hydrogens (tertiary/aromatic N) is 1. The van der Waals surface area contributed by atoms with Crippen LogP contribution >= 0.6 is 0 Å². The van der Waals surface area contributed by atoms with E-state index in [0.29, 0.717) is 31.0 Å². The maximum Gasteiger partial charge on any atom is 0.417 e. The molecule has 194 valence electrons. The molecule has 3 aliphatic rings. The minimum atomic E-state index is -4.48. The molecular formula is C27H32F3N3O3. The molecule has 6 nitrogen and oxygen atoms in total. The Morgan fingerprint density at radius 3 is 2.78 bits per heavy atom. The largest absolute Gasteiger partial charge is 0.496 e. The van der Waals surface area contributed by atoms with Gasteiger partial charge in [0.15, 0.2) is 0 Å². The summed E-state index contributed by atoms with van der Waals surface area (Å²) >= 11 is 0. The fourth-order valence-electron chi connectivity index (χ4n) is 5.70. The van der Waals surface area contributed by atoms with Gasteiger partial charge in [-0.05, 0) is 56.0 Å². The number of alkyl halides is 3. The molecule has 1 amide bonds. The van der Waals surface area contributed by atoms with Gasteiger partial charge in [0.2, 0.25) is 5.91 Å². The average molecular weight is 504 g/mol. The molecule has 2 N–H and O–H groups in total. The second-order valence-corrected chi connectivity index (χ2v) is 10.4. The van der Waals surface area contributed by atoms with Crippen molar-refractivity contribution in [1.82, 2.24) is 15.6 Å². The van der Waals surface area contributed by atoms with E-state index < -0.39 is 17.2 Å². The molecule has 3 heterocycles. The second-order valence-electron chi connectivity index (χ2n) is 10.4. The van der Waals surface area contributed by atoms with Crippen molar-refractivity contribution >= 4 is 5.91 Å². The molecule has 1 aromatic heterocycles. The van der Waals surface area contributed by atoms with Crippen LogP contribution in [0.25, 0.3) is 0 Å². The Hall–Kier alpha value is -2.81. The summed E-state index contributed by atoms with van der Waals surface area (Å²) in [6, 6.07) is 5.13. The third kappa shape index (κ3) is 4.90. The van der Waals surface area contributed by atoms with Crippen molar-refractivity contribution in [2.24, 2.45) is 11.3 Å². The number of pyridine rings is 1. The normalized spacial score (nSPS) is 24.2. The molecule has 3 atom stereocenters. The highest BCUT2D eigenvalue weighted by molar-refractivity contribution is 5.85. The first kappa shape index (κ1) is 24.9. The number of hydrogen-bond donors (Lipinski definition) is 2. The number of rotatable bonds is 8. The summed E-state index contributed by atoms with van der Waals surface area (Å²) < 4.78 is 51.3. The number of amides is 1. The van der Waals surface area contributed by atoms with Crippen molar-refractivity contribution in [2.45, 2.75) is 63.8 Å². The van der Waals surface area contributed by atoms with Gasteiger partial charge in [0.05, 0.1) is 18.1 Å². The number of ether oxygens (including phenoxy) is 2. The highest BCUT2D eigenvalue weighted by Gasteiger charge is 2.50. The smallest absolute Gasteiger partial charge is 0.417 e. The van der Waals surface area contributed by atoms with Crippen molar-refractivity contribution in [2.75, 3.05) is 20.2 Å². The van der Waals surface area contributed by atoms with E-state index in [4.69, 9.17) is 9.47 Å². The van der Waals surface area contributed by atoms with E-state index in [-0.39, 0.29) is 24.5 Å². The van der Waals surface area contributed by atoms with E-state index in [2.05, 4.69) is 21.7 Å². The lowest BCUT2D eigenvalue weighted by Crippen LogP contribution is -2.46. The molecule has 1 saturated carbocycles. The quantitative estimate of drug-likeness (QED) is 0.551. The minimum absolute atomic E-state index is 0.0183. The molecule has 5 rings (SSSR count). The number of benzene rings is 1. The fourth-order valence-corrected chi connectivity index (χ4v) is 5.70. The first-order valence-corrected chi connectivity index (χ1v) is 12.6. The lowest BCUT2D eigenvalue weighted by Gasteiger charge is -2.37. The van der Waals surface area contributed by atoms with Crippen LogP contribution in [0.2, 0.25) is 0 Å².